The maximum atomic E-state index is 5.94. The van der Waals surface area contributed by atoms with Gasteiger partial charge in [0, 0.05) is 52.1 Å². The number of ether oxygens (including phenoxy) is 1. The van der Waals surface area contributed by atoms with Crippen LogP contribution in [0.25, 0.3) is 0 Å². The van der Waals surface area contributed by atoms with Crippen molar-refractivity contribution in [3.63, 3.8) is 0 Å². The van der Waals surface area contributed by atoms with Gasteiger partial charge in [0.25, 0.3) is 0 Å². The van der Waals surface area contributed by atoms with E-state index in [2.05, 4.69) is 47.8 Å². The molecule has 1 aliphatic heterocycles. The zero-order valence-corrected chi connectivity index (χ0v) is 15.6. The van der Waals surface area contributed by atoms with Gasteiger partial charge in [0.2, 0.25) is 0 Å². The molecule has 2 atom stereocenters. The van der Waals surface area contributed by atoms with Gasteiger partial charge in [0.1, 0.15) is 5.82 Å². The van der Waals surface area contributed by atoms with Crippen molar-refractivity contribution in [1.82, 2.24) is 9.88 Å². The second-order valence-electron chi connectivity index (χ2n) is 6.47. The van der Waals surface area contributed by atoms with E-state index in [1.165, 1.54) is 5.56 Å². The predicted octanol–water partition coefficient (Wildman–Crippen LogP) is 2.29. The van der Waals surface area contributed by atoms with Crippen LogP contribution in [0.1, 0.15) is 32.3 Å². The van der Waals surface area contributed by atoms with Crippen molar-refractivity contribution in [3.8, 4) is 0 Å². The Morgan fingerprint density at radius 3 is 2.70 bits per heavy atom. The third-order valence-corrected chi connectivity index (χ3v) is 4.73. The highest BCUT2D eigenvalue weighted by molar-refractivity contribution is 5.85. The van der Waals surface area contributed by atoms with Gasteiger partial charge >= 0.3 is 0 Å². The Bertz CT molecular complexity index is 454. The van der Waals surface area contributed by atoms with Crippen molar-refractivity contribution in [2.45, 2.75) is 51.4 Å². The lowest BCUT2D eigenvalue weighted by molar-refractivity contribution is 0.0102. The van der Waals surface area contributed by atoms with Gasteiger partial charge in [0.15, 0.2) is 0 Å². The largest absolute Gasteiger partial charge is 0.381 e. The van der Waals surface area contributed by atoms with Gasteiger partial charge in [0.05, 0.1) is 6.10 Å². The standard InChI is InChI=1S/C17H30N4O.ClH/c1-13(2)20(3)17-6-5-14(11-19-17)12-21-8-7-16(22-4)9-15(21)10-18;/h5-6,11,13,15-16H,7-10,12,18H2,1-4H3;1H. The molecule has 1 aromatic heterocycles. The van der Waals surface area contributed by atoms with E-state index in [0.29, 0.717) is 24.7 Å². The molecule has 2 heterocycles. The smallest absolute Gasteiger partial charge is 0.128 e. The summed E-state index contributed by atoms with van der Waals surface area (Å²) in [6, 6.07) is 5.14. The Balaban J connectivity index is 0.00000264. The van der Waals surface area contributed by atoms with Gasteiger partial charge in [-0.15, -0.1) is 12.4 Å². The number of rotatable bonds is 6. The number of anilines is 1. The number of pyridine rings is 1. The van der Waals surface area contributed by atoms with Crippen LogP contribution in [0.3, 0.4) is 0 Å². The summed E-state index contributed by atoms with van der Waals surface area (Å²) < 4.78 is 5.49. The number of methoxy groups -OCH3 is 1. The molecule has 0 aliphatic carbocycles. The first-order chi connectivity index (χ1) is 10.5. The summed E-state index contributed by atoms with van der Waals surface area (Å²) in [5, 5.41) is 0. The highest BCUT2D eigenvalue weighted by Gasteiger charge is 2.27. The van der Waals surface area contributed by atoms with Crippen LogP contribution in [-0.4, -0.2) is 55.3 Å². The van der Waals surface area contributed by atoms with E-state index in [9.17, 15) is 0 Å². The molecular weight excluding hydrogens is 312 g/mol. The number of likely N-dealkylation sites (tertiary alicyclic amines) is 1. The van der Waals surface area contributed by atoms with E-state index in [4.69, 9.17) is 10.5 Å². The molecule has 0 spiro atoms. The molecule has 1 aliphatic rings. The molecule has 6 heteroatoms. The first-order valence-corrected chi connectivity index (χ1v) is 8.19. The number of hydrogen-bond donors (Lipinski definition) is 1. The highest BCUT2D eigenvalue weighted by atomic mass is 35.5. The Morgan fingerprint density at radius 2 is 2.17 bits per heavy atom. The van der Waals surface area contributed by atoms with Gasteiger partial charge in [-0.3, -0.25) is 4.90 Å². The Labute approximate surface area is 146 Å². The minimum absolute atomic E-state index is 0. The first-order valence-electron chi connectivity index (χ1n) is 8.19. The van der Waals surface area contributed by atoms with Crippen LogP contribution in [0.15, 0.2) is 18.3 Å². The molecule has 132 valence electrons. The normalized spacial score (nSPS) is 22.0. The van der Waals surface area contributed by atoms with E-state index in [1.807, 2.05) is 6.20 Å². The van der Waals surface area contributed by atoms with Crippen LogP contribution < -0.4 is 10.6 Å². The molecule has 0 saturated carbocycles. The molecular formula is C17H31ClN4O. The molecule has 23 heavy (non-hydrogen) atoms. The SMILES string of the molecule is COC1CCN(Cc2ccc(N(C)C(C)C)nc2)C(CN)C1.Cl. The van der Waals surface area contributed by atoms with Crippen LogP contribution in [0.5, 0.6) is 0 Å². The van der Waals surface area contributed by atoms with Gasteiger partial charge in [-0.1, -0.05) is 6.07 Å². The number of nitrogens with two attached hydrogens (primary N) is 1. The van der Waals surface area contributed by atoms with Crippen LogP contribution in [-0.2, 0) is 11.3 Å². The fourth-order valence-electron chi connectivity index (χ4n) is 2.95. The van der Waals surface area contributed by atoms with Crippen molar-refractivity contribution in [3.05, 3.63) is 23.9 Å². The minimum atomic E-state index is 0. The molecule has 0 amide bonds. The highest BCUT2D eigenvalue weighted by Crippen LogP contribution is 2.22. The Kier molecular flexibility index (Phi) is 8.26. The van der Waals surface area contributed by atoms with E-state index >= 15 is 0 Å². The quantitative estimate of drug-likeness (QED) is 0.859. The van der Waals surface area contributed by atoms with Crippen molar-refractivity contribution < 1.29 is 4.74 Å². The van der Waals surface area contributed by atoms with Crippen molar-refractivity contribution >= 4 is 18.2 Å². The van der Waals surface area contributed by atoms with Crippen molar-refractivity contribution in [2.75, 3.05) is 32.1 Å². The molecule has 1 aromatic rings. The van der Waals surface area contributed by atoms with Crippen LogP contribution in [0.2, 0.25) is 0 Å². The molecule has 0 radical (unpaired) electrons. The zero-order valence-electron chi connectivity index (χ0n) is 14.7. The van der Waals surface area contributed by atoms with Crippen molar-refractivity contribution in [1.29, 1.82) is 0 Å². The summed E-state index contributed by atoms with van der Waals surface area (Å²) in [6.45, 7) is 6.97. The topological polar surface area (TPSA) is 54.6 Å². The van der Waals surface area contributed by atoms with Gasteiger partial charge in [-0.2, -0.15) is 0 Å². The second-order valence-corrected chi connectivity index (χ2v) is 6.47. The van der Waals surface area contributed by atoms with Gasteiger partial charge in [-0.05, 0) is 38.3 Å². The summed E-state index contributed by atoms with van der Waals surface area (Å²) >= 11 is 0. The first kappa shape index (κ1) is 20.2. The molecule has 1 saturated heterocycles. The summed E-state index contributed by atoms with van der Waals surface area (Å²) in [6.07, 6.45) is 4.44. The Hall–Kier alpha value is -0.880. The lowest BCUT2D eigenvalue weighted by Gasteiger charge is -2.38. The number of halogens is 1. The fraction of sp³-hybridized carbons (Fsp3) is 0.706. The molecule has 0 aromatic carbocycles. The summed E-state index contributed by atoms with van der Waals surface area (Å²) in [7, 11) is 3.87. The third kappa shape index (κ3) is 5.31. The molecule has 2 unspecified atom stereocenters. The molecule has 1 fully saturated rings. The zero-order chi connectivity index (χ0) is 16.1. The maximum Gasteiger partial charge on any atom is 0.128 e. The summed E-state index contributed by atoms with van der Waals surface area (Å²) in [5.74, 6) is 1.02. The number of nitrogens with zero attached hydrogens (tertiary/aromatic N) is 3. The van der Waals surface area contributed by atoms with Crippen LogP contribution in [0, 0.1) is 0 Å². The molecule has 2 rings (SSSR count). The number of aromatic nitrogens is 1. The van der Waals surface area contributed by atoms with Gasteiger partial charge in [-0.25, -0.2) is 4.98 Å². The minimum Gasteiger partial charge on any atom is -0.381 e. The predicted molar refractivity (Wildman–Crippen MR) is 98.3 cm³/mol. The maximum absolute atomic E-state index is 5.94. The van der Waals surface area contributed by atoms with E-state index in [1.54, 1.807) is 7.11 Å². The molecule has 0 bridgehead atoms. The summed E-state index contributed by atoms with van der Waals surface area (Å²) in [5.41, 5.74) is 7.19. The average molecular weight is 343 g/mol. The Morgan fingerprint density at radius 1 is 1.43 bits per heavy atom. The lowest BCUT2D eigenvalue weighted by atomic mass is 9.98. The van der Waals surface area contributed by atoms with E-state index in [0.717, 1.165) is 31.7 Å². The fourth-order valence-corrected chi connectivity index (χ4v) is 2.95. The number of piperidine rings is 1. The van der Waals surface area contributed by atoms with Gasteiger partial charge < -0.3 is 15.4 Å². The second kappa shape index (κ2) is 9.42. The van der Waals surface area contributed by atoms with E-state index in [-0.39, 0.29) is 12.4 Å². The van der Waals surface area contributed by atoms with E-state index < -0.39 is 0 Å². The van der Waals surface area contributed by atoms with Crippen molar-refractivity contribution in [2.24, 2.45) is 5.73 Å². The molecule has 5 nitrogen and oxygen atoms in total. The summed E-state index contributed by atoms with van der Waals surface area (Å²) in [4.78, 5) is 9.22. The third-order valence-electron chi connectivity index (χ3n) is 4.73. The monoisotopic (exact) mass is 342 g/mol. The lowest BCUT2D eigenvalue weighted by Crippen LogP contribution is -2.47. The average Bonchev–Trinajstić information content (AvgIpc) is 2.55. The van der Waals surface area contributed by atoms with Crippen LogP contribution in [0.4, 0.5) is 5.82 Å². The number of hydrogen-bond acceptors (Lipinski definition) is 5. The molecule has 2 N–H and O–H groups in total. The van der Waals surface area contributed by atoms with Crippen LogP contribution >= 0.6 is 12.4 Å².